The Morgan fingerprint density at radius 2 is 2.12 bits per heavy atom. The maximum atomic E-state index is 14.9. The van der Waals surface area contributed by atoms with Crippen molar-refractivity contribution in [1.82, 2.24) is 15.2 Å². The second-order valence-corrected chi connectivity index (χ2v) is 11.5. The molecule has 2 aliphatic heterocycles. The number of carbonyl (C=O) groups excluding carboxylic acids is 1. The van der Waals surface area contributed by atoms with Crippen LogP contribution in [0.25, 0.3) is 0 Å². The second-order valence-electron chi connectivity index (χ2n) is 9.22. The normalized spacial score (nSPS) is 26.1. The molecule has 3 heterocycles. The highest BCUT2D eigenvalue weighted by Crippen LogP contribution is 2.40. The van der Waals surface area contributed by atoms with Crippen LogP contribution in [-0.4, -0.2) is 60.7 Å². The van der Waals surface area contributed by atoms with Crippen LogP contribution in [0.15, 0.2) is 30.5 Å². The van der Waals surface area contributed by atoms with E-state index in [-0.39, 0.29) is 35.1 Å². The Morgan fingerprint density at radius 3 is 2.71 bits per heavy atom. The largest absolute Gasteiger partial charge is 0.362 e. The summed E-state index contributed by atoms with van der Waals surface area (Å²) in [4.78, 5) is 18.6. The van der Waals surface area contributed by atoms with Crippen molar-refractivity contribution < 1.29 is 17.6 Å². The van der Waals surface area contributed by atoms with Crippen molar-refractivity contribution >= 4 is 27.3 Å². The number of nitrogens with zero attached hydrogens (tertiary/aromatic N) is 3. The van der Waals surface area contributed by atoms with E-state index in [0.717, 1.165) is 6.07 Å². The number of likely N-dealkylation sites (tertiary alicyclic amines) is 1. The van der Waals surface area contributed by atoms with Crippen LogP contribution in [0, 0.1) is 29.5 Å². The first-order chi connectivity index (χ1) is 15.9. The molecule has 1 aromatic heterocycles. The Balaban J connectivity index is 1.64. The van der Waals surface area contributed by atoms with Crippen LogP contribution < -0.4 is 10.6 Å². The molecule has 0 saturated carbocycles. The molecule has 0 radical (unpaired) electrons. The van der Waals surface area contributed by atoms with Gasteiger partial charge in [0.2, 0.25) is 0 Å². The minimum Gasteiger partial charge on any atom is -0.362 e. The molecule has 1 unspecified atom stereocenters. The Kier molecular flexibility index (Phi) is 5.70. The third kappa shape index (κ3) is 3.82. The molecule has 9 nitrogen and oxygen atoms in total. The molecule has 3 N–H and O–H groups in total. The number of nitriles is 1. The summed E-state index contributed by atoms with van der Waals surface area (Å²) >= 11 is 0. The second kappa shape index (κ2) is 8.14. The van der Waals surface area contributed by atoms with Gasteiger partial charge in [-0.05, 0) is 63.7 Å². The van der Waals surface area contributed by atoms with Gasteiger partial charge in [-0.25, -0.2) is 17.8 Å². The predicted molar refractivity (Wildman–Crippen MR) is 125 cm³/mol. The molecule has 2 atom stereocenters. The van der Waals surface area contributed by atoms with Crippen molar-refractivity contribution in [3.63, 3.8) is 0 Å². The zero-order valence-corrected chi connectivity index (χ0v) is 19.9. The summed E-state index contributed by atoms with van der Waals surface area (Å²) < 4.78 is 40.4. The molecule has 1 amide bonds. The van der Waals surface area contributed by atoms with E-state index in [4.69, 9.17) is 10.7 Å². The molecule has 2 aromatic rings. The van der Waals surface area contributed by atoms with Gasteiger partial charge in [-0.3, -0.25) is 10.2 Å². The summed E-state index contributed by atoms with van der Waals surface area (Å²) in [7, 11) is -1.98. The van der Waals surface area contributed by atoms with Crippen molar-refractivity contribution in [2.24, 2.45) is 0 Å². The number of pyridine rings is 1. The molecule has 178 valence electrons. The third-order valence-corrected chi connectivity index (χ3v) is 9.28. The van der Waals surface area contributed by atoms with Gasteiger partial charge in [-0.1, -0.05) is 0 Å². The maximum absolute atomic E-state index is 14.9. The molecule has 11 heteroatoms. The van der Waals surface area contributed by atoms with Gasteiger partial charge in [0, 0.05) is 24.0 Å². The third-order valence-electron chi connectivity index (χ3n) is 6.59. The van der Waals surface area contributed by atoms with Crippen LogP contribution in [0.4, 0.5) is 10.1 Å². The van der Waals surface area contributed by atoms with Gasteiger partial charge >= 0.3 is 0 Å². The summed E-state index contributed by atoms with van der Waals surface area (Å²) in [5.41, 5.74) is -0.168. The van der Waals surface area contributed by atoms with Gasteiger partial charge in [-0.15, -0.1) is 0 Å². The Hall–Kier alpha value is -3.36. The number of aryl methyl sites for hydroxylation is 1. The molecule has 1 aromatic carbocycles. The van der Waals surface area contributed by atoms with Gasteiger partial charge in [0.25, 0.3) is 5.91 Å². The number of halogens is 1. The quantitative estimate of drug-likeness (QED) is 0.605. The molecule has 34 heavy (non-hydrogen) atoms. The number of hydrogen-bond donors (Lipinski definition) is 3. The Labute approximate surface area is 197 Å². The van der Waals surface area contributed by atoms with Gasteiger partial charge in [0.1, 0.15) is 28.2 Å². The number of nitrogens with one attached hydrogen (secondary N) is 3. The number of amidine groups is 1. The fourth-order valence-electron chi connectivity index (χ4n) is 4.76. The van der Waals surface area contributed by atoms with Crippen molar-refractivity contribution in [2.75, 3.05) is 31.2 Å². The number of benzene rings is 1. The van der Waals surface area contributed by atoms with Crippen LogP contribution in [0.5, 0.6) is 0 Å². The van der Waals surface area contributed by atoms with E-state index in [1.54, 1.807) is 13.8 Å². The monoisotopic (exact) mass is 484 g/mol. The van der Waals surface area contributed by atoms with Crippen LogP contribution in [0.2, 0.25) is 0 Å². The molecule has 4 rings (SSSR count). The van der Waals surface area contributed by atoms with Crippen molar-refractivity contribution in [2.45, 2.75) is 30.6 Å². The highest BCUT2D eigenvalue weighted by Gasteiger charge is 2.58. The van der Waals surface area contributed by atoms with E-state index in [0.29, 0.717) is 24.1 Å². The molecule has 2 aliphatic rings. The number of rotatable bonds is 3. The average molecular weight is 485 g/mol. The minimum atomic E-state index is -3.79. The number of carbonyl (C=O) groups is 1. The van der Waals surface area contributed by atoms with E-state index >= 15 is 0 Å². The molecule has 1 spiro atoms. The Bertz CT molecular complexity index is 1350. The number of sulfone groups is 1. The average Bonchev–Trinajstić information content (AvgIpc) is 3.17. The fraction of sp³-hybridized carbons (Fsp3) is 0.391. The van der Waals surface area contributed by atoms with Crippen LogP contribution in [0.3, 0.4) is 0 Å². The van der Waals surface area contributed by atoms with Crippen molar-refractivity contribution in [3.05, 3.63) is 58.7 Å². The van der Waals surface area contributed by atoms with Gasteiger partial charge < -0.3 is 15.5 Å². The number of aromatic nitrogens is 1. The zero-order valence-electron chi connectivity index (χ0n) is 19.1. The molecule has 2 saturated heterocycles. The Morgan fingerprint density at radius 1 is 1.38 bits per heavy atom. The SMILES string of the molecule is Cc1cc(C#N)cnc1C(=O)Nc1ccc(F)c([C@]2(C)CS(=O)(=O)C3(CCN(C)C3)C(=N)N2)c1. The number of amides is 1. The smallest absolute Gasteiger partial charge is 0.274 e. The van der Waals surface area contributed by atoms with Crippen LogP contribution in [-0.2, 0) is 15.4 Å². The van der Waals surface area contributed by atoms with Crippen LogP contribution in [0.1, 0.15) is 40.5 Å². The van der Waals surface area contributed by atoms with Crippen LogP contribution >= 0.6 is 0 Å². The maximum Gasteiger partial charge on any atom is 0.274 e. The molecule has 0 bridgehead atoms. The topological polar surface area (TPSA) is 139 Å². The first-order valence-electron chi connectivity index (χ1n) is 10.7. The van der Waals surface area contributed by atoms with E-state index in [2.05, 4.69) is 15.6 Å². The van der Waals surface area contributed by atoms with Crippen molar-refractivity contribution in [3.8, 4) is 6.07 Å². The summed E-state index contributed by atoms with van der Waals surface area (Å²) in [6, 6.07) is 7.40. The standard InChI is InChI=1S/C23H25FN6O3S/c1-14-8-15(10-25)11-27-19(14)20(31)28-16-4-5-18(24)17(9-16)22(2)13-34(32,33)23(21(26)29-22)6-7-30(3)12-23/h4-5,8-9,11H,6-7,12-13H2,1-3H3,(H2,26,29)(H,28,31)/t22-,23?/m0/s1. The molecule has 0 aliphatic carbocycles. The van der Waals surface area contributed by atoms with Gasteiger partial charge in [0.15, 0.2) is 9.84 Å². The van der Waals surface area contributed by atoms with E-state index in [9.17, 15) is 17.6 Å². The van der Waals surface area contributed by atoms with Crippen molar-refractivity contribution in [1.29, 1.82) is 10.7 Å². The van der Waals surface area contributed by atoms with E-state index in [1.165, 1.54) is 24.4 Å². The highest BCUT2D eigenvalue weighted by molar-refractivity contribution is 7.93. The first kappa shape index (κ1) is 23.8. The molecular weight excluding hydrogens is 459 g/mol. The lowest BCUT2D eigenvalue weighted by molar-refractivity contribution is 0.102. The summed E-state index contributed by atoms with van der Waals surface area (Å²) in [5, 5.41) is 23.2. The fourth-order valence-corrected chi connectivity index (χ4v) is 7.20. The highest BCUT2D eigenvalue weighted by atomic mass is 32.2. The van der Waals surface area contributed by atoms with E-state index < -0.39 is 31.8 Å². The lowest BCUT2D eigenvalue weighted by Gasteiger charge is -2.44. The lowest BCUT2D eigenvalue weighted by atomic mass is 9.90. The molecule has 2 fully saturated rings. The summed E-state index contributed by atoms with van der Waals surface area (Å²) in [5.74, 6) is -1.73. The predicted octanol–water partition coefficient (Wildman–Crippen LogP) is 1.94. The lowest BCUT2D eigenvalue weighted by Crippen LogP contribution is -2.67. The number of anilines is 1. The number of hydrogen-bond acceptors (Lipinski definition) is 7. The summed E-state index contributed by atoms with van der Waals surface area (Å²) in [6.45, 7) is 3.96. The molecular formula is C23H25FN6O3S. The van der Waals surface area contributed by atoms with E-state index in [1.807, 2.05) is 18.0 Å². The summed E-state index contributed by atoms with van der Waals surface area (Å²) in [6.07, 6.45) is 1.60. The zero-order chi connectivity index (χ0) is 24.9. The van der Waals surface area contributed by atoms with Gasteiger partial charge in [0.05, 0.1) is 16.9 Å². The van der Waals surface area contributed by atoms with Gasteiger partial charge in [-0.2, -0.15) is 5.26 Å². The first-order valence-corrected chi connectivity index (χ1v) is 12.3. The minimum absolute atomic E-state index is 0.0318.